The average Bonchev–Trinajstić information content (AvgIpc) is 3.39. The van der Waals surface area contributed by atoms with E-state index in [4.69, 9.17) is 0 Å². The summed E-state index contributed by atoms with van der Waals surface area (Å²) in [6, 6.07) is 6.46. The summed E-state index contributed by atoms with van der Waals surface area (Å²) in [5.41, 5.74) is 0.658. The largest absolute Gasteiger partial charge is 0.338 e. The minimum Gasteiger partial charge on any atom is -0.338 e. The normalized spacial score (nSPS) is 26.4. The van der Waals surface area contributed by atoms with Crippen LogP contribution in [-0.4, -0.2) is 51.9 Å². The van der Waals surface area contributed by atoms with Crippen molar-refractivity contribution in [3.05, 3.63) is 29.8 Å². The molecule has 2 heterocycles. The van der Waals surface area contributed by atoms with Crippen LogP contribution < -0.4 is 10.0 Å². The summed E-state index contributed by atoms with van der Waals surface area (Å²) in [4.78, 5) is 15.1. The number of hydrogen-bond donors (Lipinski definition) is 2. The molecule has 6 nitrogen and oxygen atoms in total. The molecule has 142 valence electrons. The highest BCUT2D eigenvalue weighted by Gasteiger charge is 2.39. The number of sulfonamides is 1. The van der Waals surface area contributed by atoms with Crippen LogP contribution in [0.5, 0.6) is 0 Å². The summed E-state index contributed by atoms with van der Waals surface area (Å²) in [7, 11) is -3.55. The van der Waals surface area contributed by atoms with E-state index in [9.17, 15) is 13.2 Å². The first kappa shape index (κ1) is 17.9. The standard InChI is InChI=1S/C19H27N3O3S/c23-18(22-10-2-7-19(14-22)8-9-20-13-19)16-3-1-4-17(11-16)26(24,25)21-12-15-5-6-15/h1,3-4,11,15,20-21H,2,5-10,12-14H2. The van der Waals surface area contributed by atoms with Crippen LogP contribution in [0.4, 0.5) is 0 Å². The number of carbonyl (C=O) groups excluding carboxylic acids is 1. The third-order valence-corrected chi connectivity index (χ3v) is 7.35. The van der Waals surface area contributed by atoms with Gasteiger partial charge >= 0.3 is 0 Å². The fourth-order valence-electron chi connectivity index (χ4n) is 4.14. The second-order valence-corrected chi connectivity index (χ2v) is 9.85. The molecule has 1 saturated carbocycles. The second kappa shape index (κ2) is 6.94. The maximum atomic E-state index is 13.0. The van der Waals surface area contributed by atoms with Crippen molar-refractivity contribution in [1.82, 2.24) is 14.9 Å². The number of likely N-dealkylation sites (tertiary alicyclic amines) is 1. The van der Waals surface area contributed by atoms with Gasteiger partial charge in [-0.2, -0.15) is 0 Å². The Morgan fingerprint density at radius 3 is 2.88 bits per heavy atom. The molecule has 1 aromatic rings. The number of piperidine rings is 1. The maximum absolute atomic E-state index is 13.0. The first-order valence-corrected chi connectivity index (χ1v) is 11.1. The predicted molar refractivity (Wildman–Crippen MR) is 99.4 cm³/mol. The zero-order chi connectivity index (χ0) is 18.2. The van der Waals surface area contributed by atoms with Crippen molar-refractivity contribution in [3.8, 4) is 0 Å². The lowest BCUT2D eigenvalue weighted by atomic mass is 9.79. The van der Waals surface area contributed by atoms with Gasteiger partial charge in [0.2, 0.25) is 10.0 Å². The molecule has 1 aromatic carbocycles. The van der Waals surface area contributed by atoms with Gasteiger partial charge in [-0.15, -0.1) is 0 Å². The van der Waals surface area contributed by atoms with E-state index in [1.165, 1.54) is 6.07 Å². The topological polar surface area (TPSA) is 78.5 Å². The Morgan fingerprint density at radius 2 is 2.15 bits per heavy atom. The minimum absolute atomic E-state index is 0.0600. The molecule has 7 heteroatoms. The van der Waals surface area contributed by atoms with E-state index in [1.807, 2.05) is 4.90 Å². The molecule has 1 amide bonds. The van der Waals surface area contributed by atoms with Crippen LogP contribution in [0.1, 0.15) is 42.5 Å². The zero-order valence-corrected chi connectivity index (χ0v) is 15.9. The molecule has 1 atom stereocenters. The highest BCUT2D eigenvalue weighted by Crippen LogP contribution is 2.36. The Hall–Kier alpha value is -1.44. The van der Waals surface area contributed by atoms with Crippen molar-refractivity contribution in [3.63, 3.8) is 0 Å². The van der Waals surface area contributed by atoms with E-state index in [2.05, 4.69) is 10.0 Å². The molecule has 1 aliphatic carbocycles. The van der Waals surface area contributed by atoms with Crippen molar-refractivity contribution in [1.29, 1.82) is 0 Å². The van der Waals surface area contributed by atoms with E-state index in [-0.39, 0.29) is 16.2 Å². The third-order valence-electron chi connectivity index (χ3n) is 5.93. The first-order valence-electron chi connectivity index (χ1n) is 9.57. The molecular weight excluding hydrogens is 350 g/mol. The van der Waals surface area contributed by atoms with Crippen molar-refractivity contribution in [2.75, 3.05) is 32.7 Å². The lowest BCUT2D eigenvalue weighted by Gasteiger charge is -2.40. The Balaban J connectivity index is 1.49. The van der Waals surface area contributed by atoms with Crippen molar-refractivity contribution < 1.29 is 13.2 Å². The molecule has 0 radical (unpaired) electrons. The SMILES string of the molecule is O=C(c1cccc(S(=O)(=O)NCC2CC2)c1)N1CCCC2(CCNC2)C1. The van der Waals surface area contributed by atoms with Crippen molar-refractivity contribution in [2.45, 2.75) is 37.0 Å². The van der Waals surface area contributed by atoms with Crippen LogP contribution in [-0.2, 0) is 10.0 Å². The van der Waals surface area contributed by atoms with Gasteiger partial charge in [-0.3, -0.25) is 4.79 Å². The van der Waals surface area contributed by atoms with E-state index in [0.29, 0.717) is 18.0 Å². The van der Waals surface area contributed by atoms with Gasteiger partial charge in [-0.05, 0) is 62.8 Å². The number of rotatable bonds is 5. The Bertz CT molecular complexity index is 783. The van der Waals surface area contributed by atoms with Crippen LogP contribution in [0, 0.1) is 11.3 Å². The van der Waals surface area contributed by atoms with Crippen LogP contribution in [0.2, 0.25) is 0 Å². The van der Waals surface area contributed by atoms with E-state index >= 15 is 0 Å². The quantitative estimate of drug-likeness (QED) is 0.817. The molecule has 1 spiro atoms. The van der Waals surface area contributed by atoms with Gasteiger partial charge in [0.25, 0.3) is 5.91 Å². The van der Waals surface area contributed by atoms with Gasteiger partial charge in [0, 0.05) is 37.2 Å². The fraction of sp³-hybridized carbons (Fsp3) is 0.632. The molecule has 26 heavy (non-hydrogen) atoms. The molecule has 0 aromatic heterocycles. The highest BCUT2D eigenvalue weighted by atomic mass is 32.2. The summed E-state index contributed by atoms with van der Waals surface area (Å²) in [6.07, 6.45) is 5.45. The lowest BCUT2D eigenvalue weighted by Crippen LogP contribution is -2.47. The van der Waals surface area contributed by atoms with E-state index in [1.54, 1.807) is 18.2 Å². The summed E-state index contributed by atoms with van der Waals surface area (Å²) in [5, 5.41) is 3.41. The average molecular weight is 378 g/mol. The lowest BCUT2D eigenvalue weighted by molar-refractivity contribution is 0.0553. The highest BCUT2D eigenvalue weighted by molar-refractivity contribution is 7.89. The van der Waals surface area contributed by atoms with E-state index < -0.39 is 10.0 Å². The summed E-state index contributed by atoms with van der Waals surface area (Å²) < 4.78 is 27.6. The smallest absolute Gasteiger partial charge is 0.253 e. The molecule has 0 bridgehead atoms. The number of carbonyl (C=O) groups is 1. The molecule has 2 N–H and O–H groups in total. The van der Waals surface area contributed by atoms with Gasteiger partial charge in [-0.25, -0.2) is 13.1 Å². The van der Waals surface area contributed by atoms with Crippen LogP contribution in [0.25, 0.3) is 0 Å². The second-order valence-electron chi connectivity index (χ2n) is 8.08. The number of nitrogens with one attached hydrogen (secondary N) is 2. The Labute approximate surface area is 155 Å². The van der Waals surface area contributed by atoms with Gasteiger partial charge < -0.3 is 10.2 Å². The van der Waals surface area contributed by atoms with Crippen LogP contribution in [0.3, 0.4) is 0 Å². The minimum atomic E-state index is -3.55. The number of hydrogen-bond acceptors (Lipinski definition) is 4. The molecule has 3 fully saturated rings. The predicted octanol–water partition coefficient (Wildman–Crippen LogP) is 1.59. The summed E-state index contributed by atoms with van der Waals surface area (Å²) in [5.74, 6) is 0.411. The van der Waals surface area contributed by atoms with Gasteiger partial charge in [-0.1, -0.05) is 6.07 Å². The third kappa shape index (κ3) is 3.80. The van der Waals surface area contributed by atoms with E-state index in [0.717, 1.165) is 58.3 Å². The van der Waals surface area contributed by atoms with Crippen molar-refractivity contribution in [2.24, 2.45) is 11.3 Å². The number of benzene rings is 1. The Kier molecular flexibility index (Phi) is 4.79. The molecule has 1 unspecified atom stereocenters. The molecule has 2 saturated heterocycles. The van der Waals surface area contributed by atoms with Gasteiger partial charge in [0.05, 0.1) is 4.90 Å². The fourth-order valence-corrected chi connectivity index (χ4v) is 5.30. The summed E-state index contributed by atoms with van der Waals surface area (Å²) >= 11 is 0. The van der Waals surface area contributed by atoms with Gasteiger partial charge in [0.1, 0.15) is 0 Å². The molecule has 4 rings (SSSR count). The first-order chi connectivity index (χ1) is 12.5. The maximum Gasteiger partial charge on any atom is 0.253 e. The van der Waals surface area contributed by atoms with Crippen LogP contribution >= 0.6 is 0 Å². The zero-order valence-electron chi connectivity index (χ0n) is 15.0. The number of nitrogens with zero attached hydrogens (tertiary/aromatic N) is 1. The van der Waals surface area contributed by atoms with Gasteiger partial charge in [0.15, 0.2) is 0 Å². The summed E-state index contributed by atoms with van der Waals surface area (Å²) in [6.45, 7) is 3.98. The molecule has 3 aliphatic rings. The Morgan fingerprint density at radius 1 is 1.31 bits per heavy atom. The molecular formula is C19H27N3O3S. The molecule has 2 aliphatic heterocycles. The monoisotopic (exact) mass is 377 g/mol. The number of amides is 1. The van der Waals surface area contributed by atoms with Crippen molar-refractivity contribution >= 4 is 15.9 Å². The van der Waals surface area contributed by atoms with Crippen LogP contribution in [0.15, 0.2) is 29.2 Å².